The number of pyridine rings is 1. The number of hydrogen-bond donors (Lipinski definition) is 3. The molecule has 0 saturated heterocycles. The summed E-state index contributed by atoms with van der Waals surface area (Å²) in [5.41, 5.74) is 1.62. The van der Waals surface area contributed by atoms with Gasteiger partial charge in [-0.2, -0.15) is 0 Å². The summed E-state index contributed by atoms with van der Waals surface area (Å²) in [5, 5.41) is 6.03. The minimum atomic E-state index is -0.409. The predicted molar refractivity (Wildman–Crippen MR) is 83.5 cm³/mol. The van der Waals surface area contributed by atoms with Gasteiger partial charge in [-0.15, -0.1) is 0 Å². The summed E-state index contributed by atoms with van der Waals surface area (Å²) in [6.07, 6.45) is 4.00. The van der Waals surface area contributed by atoms with E-state index < -0.39 is 5.91 Å². The molecule has 0 spiro atoms. The largest absolute Gasteiger partial charge is 0.367 e. The molecular weight excluding hydrogens is 266 g/mol. The zero-order valence-electron chi connectivity index (χ0n) is 12.0. The van der Waals surface area contributed by atoms with Crippen LogP contribution in [-0.2, 0) is 6.54 Å². The van der Waals surface area contributed by atoms with Gasteiger partial charge in [0.05, 0.1) is 0 Å². The number of aromatic nitrogens is 1. The Hall–Kier alpha value is -2.40. The van der Waals surface area contributed by atoms with E-state index in [9.17, 15) is 9.59 Å². The average molecular weight is 285 g/mol. The highest BCUT2D eigenvalue weighted by atomic mass is 16.2. The maximum absolute atomic E-state index is 12.0. The molecule has 2 rings (SSSR count). The molecule has 0 atom stereocenters. The summed E-state index contributed by atoms with van der Waals surface area (Å²) in [6.45, 7) is 3.91. The van der Waals surface area contributed by atoms with E-state index in [4.69, 9.17) is 0 Å². The van der Waals surface area contributed by atoms with E-state index in [0.29, 0.717) is 5.69 Å². The third-order valence-corrected chi connectivity index (χ3v) is 3.04. The Morgan fingerprint density at radius 3 is 2.62 bits per heavy atom. The molecular formula is C16H19N3O2. The molecule has 5 heteroatoms. The fraction of sp³-hybridized carbons (Fsp3) is 0.250. The van der Waals surface area contributed by atoms with Gasteiger partial charge in [-0.1, -0.05) is 19.1 Å². The minimum Gasteiger partial charge on any atom is -0.367 e. The van der Waals surface area contributed by atoms with Crippen molar-refractivity contribution >= 4 is 11.6 Å². The third-order valence-electron chi connectivity index (χ3n) is 3.04. The number of H-pyrrole nitrogens is 1. The zero-order valence-corrected chi connectivity index (χ0v) is 12.0. The van der Waals surface area contributed by atoms with E-state index in [1.54, 1.807) is 0 Å². The smallest absolute Gasteiger partial charge is 0.261 e. The molecule has 21 heavy (non-hydrogen) atoms. The molecule has 0 aliphatic heterocycles. The molecule has 1 aromatic heterocycles. The lowest BCUT2D eigenvalue weighted by atomic mass is 10.2. The van der Waals surface area contributed by atoms with Gasteiger partial charge in [0.2, 0.25) is 0 Å². The molecule has 1 amide bonds. The number of aromatic amines is 1. The Morgan fingerprint density at radius 2 is 1.95 bits per heavy atom. The monoisotopic (exact) mass is 285 g/mol. The number of benzene rings is 1. The van der Waals surface area contributed by atoms with Crippen molar-refractivity contribution in [1.29, 1.82) is 0 Å². The van der Waals surface area contributed by atoms with Gasteiger partial charge in [0.15, 0.2) is 5.43 Å². The summed E-state index contributed by atoms with van der Waals surface area (Å²) < 4.78 is 0. The second kappa shape index (κ2) is 7.40. The molecule has 2 aromatic rings. The van der Waals surface area contributed by atoms with Crippen LogP contribution in [0.5, 0.6) is 0 Å². The van der Waals surface area contributed by atoms with E-state index >= 15 is 0 Å². The highest BCUT2D eigenvalue weighted by Crippen LogP contribution is 2.10. The SMILES string of the molecule is CCCNCc1ccc(NC(=O)c2c[nH]ccc2=O)cc1. The quantitative estimate of drug-likeness (QED) is 0.712. The van der Waals surface area contributed by atoms with Crippen LogP contribution in [0.4, 0.5) is 5.69 Å². The first-order valence-corrected chi connectivity index (χ1v) is 6.99. The lowest BCUT2D eigenvalue weighted by Crippen LogP contribution is -2.20. The molecule has 0 radical (unpaired) electrons. The van der Waals surface area contributed by atoms with Crippen LogP contribution in [0.1, 0.15) is 29.3 Å². The first-order chi connectivity index (χ1) is 10.2. The number of carbonyl (C=O) groups excluding carboxylic acids is 1. The summed E-state index contributed by atoms with van der Waals surface area (Å²) in [7, 11) is 0. The summed E-state index contributed by atoms with van der Waals surface area (Å²) >= 11 is 0. The Labute approximate surface area is 123 Å². The van der Waals surface area contributed by atoms with Crippen LogP contribution in [0.2, 0.25) is 0 Å². The Bertz CT molecular complexity index is 647. The van der Waals surface area contributed by atoms with Crippen LogP contribution < -0.4 is 16.1 Å². The summed E-state index contributed by atoms with van der Waals surface area (Å²) in [4.78, 5) is 26.3. The number of rotatable bonds is 6. The van der Waals surface area contributed by atoms with Crippen molar-refractivity contribution in [2.75, 3.05) is 11.9 Å². The van der Waals surface area contributed by atoms with Crippen LogP contribution >= 0.6 is 0 Å². The number of carbonyl (C=O) groups is 1. The summed E-state index contributed by atoms with van der Waals surface area (Å²) in [5.74, 6) is -0.409. The molecule has 1 heterocycles. The van der Waals surface area contributed by atoms with Crippen molar-refractivity contribution in [3.05, 3.63) is 64.1 Å². The molecule has 0 bridgehead atoms. The van der Waals surface area contributed by atoms with Crippen molar-refractivity contribution in [3.8, 4) is 0 Å². The van der Waals surface area contributed by atoms with Gasteiger partial charge in [0, 0.05) is 30.7 Å². The Balaban J connectivity index is 1.99. The summed E-state index contributed by atoms with van der Waals surface area (Å²) in [6, 6.07) is 8.90. The molecule has 0 aliphatic carbocycles. The zero-order chi connectivity index (χ0) is 15.1. The lowest BCUT2D eigenvalue weighted by molar-refractivity contribution is 0.102. The molecule has 1 aromatic carbocycles. The van der Waals surface area contributed by atoms with Crippen LogP contribution in [-0.4, -0.2) is 17.4 Å². The van der Waals surface area contributed by atoms with Gasteiger partial charge in [-0.25, -0.2) is 0 Å². The Kier molecular flexibility index (Phi) is 5.29. The molecule has 0 fully saturated rings. The van der Waals surface area contributed by atoms with E-state index in [-0.39, 0.29) is 11.0 Å². The molecule has 0 aliphatic rings. The topological polar surface area (TPSA) is 74.0 Å². The number of hydrogen-bond acceptors (Lipinski definition) is 3. The standard InChI is InChI=1S/C16H19N3O2/c1-2-8-17-10-12-3-5-13(6-4-12)19-16(21)14-11-18-9-7-15(14)20/h3-7,9,11,17H,2,8,10H2,1H3,(H,18,20)(H,19,21). The molecule has 5 nitrogen and oxygen atoms in total. The normalized spacial score (nSPS) is 10.3. The van der Waals surface area contributed by atoms with Crippen molar-refractivity contribution in [3.63, 3.8) is 0 Å². The van der Waals surface area contributed by atoms with E-state index in [1.165, 1.54) is 18.5 Å². The van der Waals surface area contributed by atoms with E-state index in [2.05, 4.69) is 22.5 Å². The fourth-order valence-electron chi connectivity index (χ4n) is 1.91. The van der Waals surface area contributed by atoms with Gasteiger partial charge in [-0.3, -0.25) is 9.59 Å². The van der Waals surface area contributed by atoms with Crippen LogP contribution in [0.15, 0.2) is 47.5 Å². The van der Waals surface area contributed by atoms with E-state index in [0.717, 1.165) is 25.1 Å². The lowest BCUT2D eigenvalue weighted by Gasteiger charge is -2.07. The van der Waals surface area contributed by atoms with Crippen LogP contribution in [0.25, 0.3) is 0 Å². The van der Waals surface area contributed by atoms with E-state index in [1.807, 2.05) is 24.3 Å². The second-order valence-electron chi connectivity index (χ2n) is 4.75. The first-order valence-electron chi connectivity index (χ1n) is 6.99. The highest BCUT2D eigenvalue weighted by Gasteiger charge is 2.09. The predicted octanol–water partition coefficient (Wildman–Crippen LogP) is 2.13. The van der Waals surface area contributed by atoms with Crippen molar-refractivity contribution in [2.24, 2.45) is 0 Å². The molecule has 3 N–H and O–H groups in total. The number of nitrogens with one attached hydrogen (secondary N) is 3. The van der Waals surface area contributed by atoms with Crippen molar-refractivity contribution in [1.82, 2.24) is 10.3 Å². The van der Waals surface area contributed by atoms with Crippen molar-refractivity contribution < 1.29 is 4.79 Å². The van der Waals surface area contributed by atoms with Gasteiger partial charge >= 0.3 is 0 Å². The molecule has 0 unspecified atom stereocenters. The van der Waals surface area contributed by atoms with Crippen LogP contribution in [0.3, 0.4) is 0 Å². The number of amides is 1. The van der Waals surface area contributed by atoms with Gasteiger partial charge in [-0.05, 0) is 30.7 Å². The maximum atomic E-state index is 12.0. The second-order valence-corrected chi connectivity index (χ2v) is 4.75. The average Bonchev–Trinajstić information content (AvgIpc) is 2.49. The third kappa shape index (κ3) is 4.29. The van der Waals surface area contributed by atoms with Crippen molar-refractivity contribution in [2.45, 2.75) is 19.9 Å². The number of anilines is 1. The maximum Gasteiger partial charge on any atom is 0.261 e. The van der Waals surface area contributed by atoms with Gasteiger partial charge in [0.1, 0.15) is 5.56 Å². The molecule has 0 saturated carbocycles. The molecule has 110 valence electrons. The Morgan fingerprint density at radius 1 is 1.19 bits per heavy atom. The minimum absolute atomic E-state index is 0.103. The van der Waals surface area contributed by atoms with Gasteiger partial charge in [0.25, 0.3) is 5.91 Å². The van der Waals surface area contributed by atoms with Crippen LogP contribution in [0, 0.1) is 0 Å². The van der Waals surface area contributed by atoms with Gasteiger partial charge < -0.3 is 15.6 Å². The first kappa shape index (κ1) is 15.0. The fourth-order valence-corrected chi connectivity index (χ4v) is 1.91. The highest BCUT2D eigenvalue weighted by molar-refractivity contribution is 6.03.